The Balaban J connectivity index is 2.13. The first-order valence-corrected chi connectivity index (χ1v) is 7.75. The zero-order valence-electron chi connectivity index (χ0n) is 12.9. The molecule has 0 atom stereocenters. The maximum Gasteiger partial charge on any atom is 0.230 e. The first-order valence-electron chi connectivity index (χ1n) is 7.75. The molecule has 3 nitrogen and oxygen atoms in total. The lowest BCUT2D eigenvalue weighted by atomic mass is 10.1. The monoisotopic (exact) mass is 310 g/mol. The van der Waals surface area contributed by atoms with Gasteiger partial charge in [-0.2, -0.15) is 0 Å². The summed E-state index contributed by atoms with van der Waals surface area (Å²) in [6, 6.07) is 26.6. The van der Waals surface area contributed by atoms with Gasteiger partial charge in [-0.3, -0.25) is 4.79 Å². The van der Waals surface area contributed by atoms with Gasteiger partial charge < -0.3 is 0 Å². The summed E-state index contributed by atoms with van der Waals surface area (Å²) >= 11 is 0. The summed E-state index contributed by atoms with van der Waals surface area (Å²) in [5.41, 5.74) is 3.67. The third kappa shape index (κ3) is 2.57. The van der Waals surface area contributed by atoms with Gasteiger partial charge in [0.25, 0.3) is 0 Å². The molecular formula is C21H14N2O. The summed E-state index contributed by atoms with van der Waals surface area (Å²) in [6.07, 6.45) is 0. The molecular weight excluding hydrogens is 296 g/mol. The van der Waals surface area contributed by atoms with Crippen molar-refractivity contribution in [1.29, 1.82) is 0 Å². The van der Waals surface area contributed by atoms with Gasteiger partial charge >= 0.3 is 0 Å². The van der Waals surface area contributed by atoms with Crippen LogP contribution in [0.2, 0.25) is 0 Å². The van der Waals surface area contributed by atoms with Gasteiger partial charge in [0.1, 0.15) is 11.4 Å². The van der Waals surface area contributed by atoms with Gasteiger partial charge in [-0.15, -0.1) is 0 Å². The van der Waals surface area contributed by atoms with Crippen LogP contribution >= 0.6 is 0 Å². The van der Waals surface area contributed by atoms with Gasteiger partial charge in [0.05, 0.1) is 11.0 Å². The number of fused-ring (bicyclic) bond motifs is 1. The van der Waals surface area contributed by atoms with Gasteiger partial charge in [-0.05, 0) is 12.1 Å². The molecule has 0 unspecified atom stereocenters. The largest absolute Gasteiger partial charge is 0.285 e. The van der Waals surface area contributed by atoms with Crippen molar-refractivity contribution in [2.75, 3.05) is 0 Å². The van der Waals surface area contributed by atoms with Crippen LogP contribution < -0.4 is 5.43 Å². The van der Waals surface area contributed by atoms with Crippen LogP contribution in [0, 0.1) is 0 Å². The number of para-hydroxylation sites is 2. The SMILES string of the molecule is O=c1c(-c2ccccc2)nc2ccccc2nc1-c1ccccc1. The number of nitrogens with zero attached hydrogens (tertiary/aromatic N) is 2. The molecule has 24 heavy (non-hydrogen) atoms. The minimum absolute atomic E-state index is 0.163. The molecule has 1 heterocycles. The Morgan fingerprint density at radius 3 is 1.29 bits per heavy atom. The Labute approximate surface area is 139 Å². The standard InChI is InChI=1S/C21H14N2O/c24-21-19(15-9-3-1-4-10-15)22-17-13-7-8-14-18(17)23-20(21)16-11-5-2-6-12-16/h1-14H. The van der Waals surface area contributed by atoms with Crippen LogP contribution in [0.5, 0.6) is 0 Å². The van der Waals surface area contributed by atoms with E-state index in [2.05, 4.69) is 9.97 Å². The normalized spacial score (nSPS) is 10.7. The van der Waals surface area contributed by atoms with E-state index < -0.39 is 0 Å². The number of benzene rings is 3. The molecule has 1 aromatic heterocycles. The minimum atomic E-state index is -0.163. The molecule has 0 aliphatic carbocycles. The van der Waals surface area contributed by atoms with E-state index in [4.69, 9.17) is 0 Å². The minimum Gasteiger partial charge on any atom is -0.285 e. The zero-order valence-corrected chi connectivity index (χ0v) is 12.9. The van der Waals surface area contributed by atoms with Crippen molar-refractivity contribution in [2.45, 2.75) is 0 Å². The van der Waals surface area contributed by atoms with E-state index in [0.717, 1.165) is 11.1 Å². The highest BCUT2D eigenvalue weighted by Gasteiger charge is 2.12. The summed E-state index contributed by atoms with van der Waals surface area (Å²) in [4.78, 5) is 22.4. The van der Waals surface area contributed by atoms with Crippen LogP contribution in [0.3, 0.4) is 0 Å². The second kappa shape index (κ2) is 6.05. The van der Waals surface area contributed by atoms with E-state index in [1.807, 2.05) is 84.9 Å². The number of hydrogen-bond acceptors (Lipinski definition) is 3. The summed E-state index contributed by atoms with van der Waals surface area (Å²) < 4.78 is 0. The van der Waals surface area contributed by atoms with E-state index in [0.29, 0.717) is 22.4 Å². The Morgan fingerprint density at radius 2 is 0.875 bits per heavy atom. The fourth-order valence-electron chi connectivity index (χ4n) is 2.69. The van der Waals surface area contributed by atoms with E-state index >= 15 is 0 Å². The van der Waals surface area contributed by atoms with E-state index in [1.54, 1.807) is 0 Å². The Bertz CT molecular complexity index is 976. The average molecular weight is 310 g/mol. The molecule has 0 spiro atoms. The quantitative estimate of drug-likeness (QED) is 0.553. The van der Waals surface area contributed by atoms with Crippen LogP contribution in [-0.2, 0) is 0 Å². The molecule has 0 amide bonds. The second-order valence-electron chi connectivity index (χ2n) is 5.47. The molecule has 4 aromatic rings. The maximum atomic E-state index is 13.2. The molecule has 0 N–H and O–H groups in total. The highest BCUT2D eigenvalue weighted by molar-refractivity contribution is 5.79. The van der Waals surface area contributed by atoms with E-state index in [1.165, 1.54) is 0 Å². The molecule has 0 saturated heterocycles. The van der Waals surface area contributed by atoms with Crippen molar-refractivity contribution in [3.63, 3.8) is 0 Å². The maximum absolute atomic E-state index is 13.2. The van der Waals surface area contributed by atoms with E-state index in [-0.39, 0.29) is 5.43 Å². The van der Waals surface area contributed by atoms with Crippen molar-refractivity contribution in [3.8, 4) is 22.5 Å². The Morgan fingerprint density at radius 1 is 0.500 bits per heavy atom. The van der Waals surface area contributed by atoms with Gasteiger partial charge in [0, 0.05) is 11.1 Å². The van der Waals surface area contributed by atoms with Gasteiger partial charge in [0.2, 0.25) is 5.43 Å². The van der Waals surface area contributed by atoms with E-state index in [9.17, 15) is 4.79 Å². The average Bonchev–Trinajstić information content (AvgIpc) is 2.80. The van der Waals surface area contributed by atoms with Crippen LogP contribution in [-0.4, -0.2) is 9.97 Å². The number of hydrogen-bond donors (Lipinski definition) is 0. The lowest BCUT2D eigenvalue weighted by Crippen LogP contribution is -2.07. The second-order valence-corrected chi connectivity index (χ2v) is 5.47. The molecule has 0 fully saturated rings. The topological polar surface area (TPSA) is 42.9 Å². The third-order valence-electron chi connectivity index (χ3n) is 3.87. The van der Waals surface area contributed by atoms with Crippen LogP contribution in [0.4, 0.5) is 0 Å². The first kappa shape index (κ1) is 14.3. The van der Waals surface area contributed by atoms with Crippen molar-refractivity contribution in [1.82, 2.24) is 9.97 Å². The van der Waals surface area contributed by atoms with Crippen LogP contribution in [0.15, 0.2) is 89.7 Å². The molecule has 0 aliphatic heterocycles. The molecule has 3 heteroatoms. The highest BCUT2D eigenvalue weighted by Crippen LogP contribution is 2.20. The molecule has 4 rings (SSSR count). The van der Waals surface area contributed by atoms with Crippen molar-refractivity contribution >= 4 is 11.0 Å². The van der Waals surface area contributed by atoms with Crippen molar-refractivity contribution in [3.05, 3.63) is 95.2 Å². The van der Waals surface area contributed by atoms with Gasteiger partial charge in [-0.1, -0.05) is 72.8 Å². The summed E-state index contributed by atoms with van der Waals surface area (Å²) in [5.74, 6) is 0. The lowest BCUT2D eigenvalue weighted by molar-refractivity contribution is 1.36. The van der Waals surface area contributed by atoms with Gasteiger partial charge in [0.15, 0.2) is 0 Å². The highest BCUT2D eigenvalue weighted by atomic mass is 16.1. The molecule has 0 bridgehead atoms. The molecule has 3 aromatic carbocycles. The smallest absolute Gasteiger partial charge is 0.230 e. The zero-order chi connectivity index (χ0) is 16.4. The van der Waals surface area contributed by atoms with Crippen LogP contribution in [0.25, 0.3) is 33.5 Å². The first-order chi connectivity index (χ1) is 11.8. The number of rotatable bonds is 2. The predicted octanol–water partition coefficient (Wildman–Crippen LogP) is 4.32. The van der Waals surface area contributed by atoms with Gasteiger partial charge in [-0.25, -0.2) is 9.97 Å². The predicted molar refractivity (Wildman–Crippen MR) is 96.7 cm³/mol. The lowest BCUT2D eigenvalue weighted by Gasteiger charge is -1.99. The summed E-state index contributed by atoms with van der Waals surface area (Å²) in [6.45, 7) is 0. The summed E-state index contributed by atoms with van der Waals surface area (Å²) in [5, 5.41) is 0. The molecule has 0 saturated carbocycles. The summed E-state index contributed by atoms with van der Waals surface area (Å²) in [7, 11) is 0. The third-order valence-corrected chi connectivity index (χ3v) is 3.87. The van der Waals surface area contributed by atoms with Crippen LogP contribution in [0.1, 0.15) is 0 Å². The van der Waals surface area contributed by atoms with Crippen molar-refractivity contribution in [2.24, 2.45) is 0 Å². The fraction of sp³-hybridized carbons (Fsp3) is 0. The number of aromatic nitrogens is 2. The molecule has 0 radical (unpaired) electrons. The fourth-order valence-corrected chi connectivity index (χ4v) is 2.69. The Kier molecular flexibility index (Phi) is 3.60. The Hall–Kier alpha value is -3.33. The molecule has 0 aliphatic rings. The van der Waals surface area contributed by atoms with Crippen molar-refractivity contribution < 1.29 is 0 Å². The molecule has 114 valence electrons.